The molecule has 3 rings (SSSR count). The van der Waals surface area contributed by atoms with Crippen LogP contribution in [-0.2, 0) is 0 Å². The fourth-order valence-corrected chi connectivity index (χ4v) is 2.90. The summed E-state index contributed by atoms with van der Waals surface area (Å²) in [7, 11) is 0. The summed E-state index contributed by atoms with van der Waals surface area (Å²) in [5, 5.41) is 10.4. The highest BCUT2D eigenvalue weighted by atomic mass is 32.1. The standard InChI is InChI=1S/C21H21N3S/c1-15-12-16(2)14-20(13-15)24-21(25)23-19-10-8-18(9-11-19)22-17-6-4-3-5-7-17/h3-14,22H,1-2H3,(H2,23,24,25). The van der Waals surface area contributed by atoms with Crippen molar-refractivity contribution < 1.29 is 0 Å². The van der Waals surface area contributed by atoms with Gasteiger partial charge in [-0.1, -0.05) is 24.3 Å². The SMILES string of the molecule is Cc1cc(C)cc(NC(=S)Nc2ccc(Nc3ccccc3)cc2)c1. The van der Waals surface area contributed by atoms with Gasteiger partial charge in [0.05, 0.1) is 0 Å². The fourth-order valence-electron chi connectivity index (χ4n) is 2.67. The zero-order valence-corrected chi connectivity index (χ0v) is 15.2. The summed E-state index contributed by atoms with van der Waals surface area (Å²) in [6, 6.07) is 24.4. The molecular weight excluding hydrogens is 326 g/mol. The molecule has 126 valence electrons. The number of hydrogen-bond acceptors (Lipinski definition) is 2. The average Bonchev–Trinajstić information content (AvgIpc) is 2.56. The molecule has 0 saturated carbocycles. The van der Waals surface area contributed by atoms with Crippen LogP contribution in [0.5, 0.6) is 0 Å². The molecule has 3 nitrogen and oxygen atoms in total. The summed E-state index contributed by atoms with van der Waals surface area (Å²) in [5.41, 5.74) is 6.46. The summed E-state index contributed by atoms with van der Waals surface area (Å²) >= 11 is 5.40. The summed E-state index contributed by atoms with van der Waals surface area (Å²) in [4.78, 5) is 0. The second-order valence-corrected chi connectivity index (χ2v) is 6.43. The topological polar surface area (TPSA) is 36.1 Å². The van der Waals surface area contributed by atoms with Crippen LogP contribution >= 0.6 is 12.2 Å². The Hall–Kier alpha value is -2.85. The molecule has 3 N–H and O–H groups in total. The molecule has 0 aromatic heterocycles. The number of thiocarbonyl (C=S) groups is 1. The minimum Gasteiger partial charge on any atom is -0.356 e. The van der Waals surface area contributed by atoms with E-state index in [1.807, 2.05) is 54.6 Å². The van der Waals surface area contributed by atoms with Crippen LogP contribution in [0.25, 0.3) is 0 Å². The molecule has 0 atom stereocenters. The van der Waals surface area contributed by atoms with Crippen molar-refractivity contribution in [2.24, 2.45) is 0 Å². The van der Waals surface area contributed by atoms with E-state index in [0.29, 0.717) is 5.11 Å². The van der Waals surface area contributed by atoms with E-state index in [2.05, 4.69) is 48.0 Å². The van der Waals surface area contributed by atoms with Crippen molar-refractivity contribution in [2.75, 3.05) is 16.0 Å². The van der Waals surface area contributed by atoms with E-state index in [9.17, 15) is 0 Å². The summed E-state index contributed by atoms with van der Waals surface area (Å²) < 4.78 is 0. The molecule has 0 radical (unpaired) electrons. The van der Waals surface area contributed by atoms with Gasteiger partial charge in [0.25, 0.3) is 0 Å². The Morgan fingerprint density at radius 3 is 1.80 bits per heavy atom. The van der Waals surface area contributed by atoms with Crippen LogP contribution < -0.4 is 16.0 Å². The van der Waals surface area contributed by atoms with Crippen LogP contribution in [0.4, 0.5) is 22.7 Å². The third-order valence-corrected chi connectivity index (χ3v) is 3.89. The Balaban J connectivity index is 1.60. The van der Waals surface area contributed by atoms with E-state index < -0.39 is 0 Å². The van der Waals surface area contributed by atoms with Crippen LogP contribution in [0.1, 0.15) is 11.1 Å². The molecule has 0 saturated heterocycles. The van der Waals surface area contributed by atoms with Crippen molar-refractivity contribution in [1.29, 1.82) is 0 Å². The van der Waals surface area contributed by atoms with Gasteiger partial charge in [0, 0.05) is 22.7 Å². The maximum atomic E-state index is 5.40. The third kappa shape index (κ3) is 5.06. The van der Waals surface area contributed by atoms with Gasteiger partial charge >= 0.3 is 0 Å². The molecular formula is C21H21N3S. The molecule has 0 heterocycles. The van der Waals surface area contributed by atoms with Gasteiger partial charge in [-0.2, -0.15) is 0 Å². The van der Waals surface area contributed by atoms with E-state index in [1.165, 1.54) is 11.1 Å². The van der Waals surface area contributed by atoms with Crippen molar-refractivity contribution in [2.45, 2.75) is 13.8 Å². The van der Waals surface area contributed by atoms with Crippen molar-refractivity contribution in [1.82, 2.24) is 0 Å². The first kappa shape index (κ1) is 17.0. The molecule has 0 amide bonds. The Kier molecular flexibility index (Phi) is 5.31. The van der Waals surface area contributed by atoms with E-state index in [0.717, 1.165) is 22.7 Å². The predicted molar refractivity (Wildman–Crippen MR) is 112 cm³/mol. The highest BCUT2D eigenvalue weighted by Gasteiger charge is 2.01. The van der Waals surface area contributed by atoms with Crippen molar-refractivity contribution in [3.63, 3.8) is 0 Å². The first-order valence-corrected chi connectivity index (χ1v) is 8.58. The molecule has 0 aliphatic carbocycles. The lowest BCUT2D eigenvalue weighted by molar-refractivity contribution is 1.38. The monoisotopic (exact) mass is 347 g/mol. The predicted octanol–water partition coefficient (Wildman–Crippen LogP) is 5.86. The fraction of sp³-hybridized carbons (Fsp3) is 0.0952. The molecule has 0 aliphatic heterocycles. The Morgan fingerprint density at radius 2 is 1.16 bits per heavy atom. The lowest BCUT2D eigenvalue weighted by Gasteiger charge is -2.13. The molecule has 0 aliphatic rings. The molecule has 0 unspecified atom stereocenters. The molecule has 0 fully saturated rings. The van der Waals surface area contributed by atoms with Gasteiger partial charge in [0.1, 0.15) is 0 Å². The van der Waals surface area contributed by atoms with E-state index in [4.69, 9.17) is 12.2 Å². The van der Waals surface area contributed by atoms with Crippen molar-refractivity contribution in [3.05, 3.63) is 83.9 Å². The van der Waals surface area contributed by atoms with Crippen molar-refractivity contribution in [3.8, 4) is 0 Å². The maximum absolute atomic E-state index is 5.40. The second-order valence-electron chi connectivity index (χ2n) is 6.02. The molecule has 4 heteroatoms. The van der Waals surface area contributed by atoms with E-state index >= 15 is 0 Å². The van der Waals surface area contributed by atoms with Gasteiger partial charge in [0.2, 0.25) is 0 Å². The van der Waals surface area contributed by atoms with Crippen LogP contribution in [0, 0.1) is 13.8 Å². The van der Waals surface area contributed by atoms with Gasteiger partial charge in [-0.3, -0.25) is 0 Å². The first-order chi connectivity index (χ1) is 12.1. The van der Waals surface area contributed by atoms with Crippen LogP contribution in [0.2, 0.25) is 0 Å². The normalized spacial score (nSPS) is 10.2. The quantitative estimate of drug-likeness (QED) is 0.517. The minimum atomic E-state index is 0.578. The highest BCUT2D eigenvalue weighted by molar-refractivity contribution is 7.80. The second kappa shape index (κ2) is 7.81. The first-order valence-electron chi connectivity index (χ1n) is 8.17. The number of benzene rings is 3. The largest absolute Gasteiger partial charge is 0.356 e. The Labute approximate surface area is 154 Å². The van der Waals surface area contributed by atoms with Crippen molar-refractivity contribution >= 4 is 40.1 Å². The smallest absolute Gasteiger partial charge is 0.175 e. The number of nitrogens with one attached hydrogen (secondary N) is 3. The number of rotatable bonds is 4. The van der Waals surface area contributed by atoms with Crippen LogP contribution in [-0.4, -0.2) is 5.11 Å². The Bertz CT molecular complexity index is 838. The van der Waals surface area contributed by atoms with E-state index in [-0.39, 0.29) is 0 Å². The molecule has 25 heavy (non-hydrogen) atoms. The summed E-state index contributed by atoms with van der Waals surface area (Å²) in [6.07, 6.45) is 0. The van der Waals surface area contributed by atoms with Gasteiger partial charge < -0.3 is 16.0 Å². The third-order valence-electron chi connectivity index (χ3n) is 3.68. The molecule has 3 aromatic rings. The molecule has 0 spiro atoms. The summed E-state index contributed by atoms with van der Waals surface area (Å²) in [5.74, 6) is 0. The van der Waals surface area contributed by atoms with E-state index in [1.54, 1.807) is 0 Å². The van der Waals surface area contributed by atoms with Gasteiger partial charge in [-0.05, 0) is 85.7 Å². The maximum Gasteiger partial charge on any atom is 0.175 e. The molecule has 3 aromatic carbocycles. The van der Waals surface area contributed by atoms with Crippen LogP contribution in [0.15, 0.2) is 72.8 Å². The zero-order valence-electron chi connectivity index (χ0n) is 14.3. The summed E-state index contributed by atoms with van der Waals surface area (Å²) in [6.45, 7) is 4.15. The lowest BCUT2D eigenvalue weighted by atomic mass is 10.1. The highest BCUT2D eigenvalue weighted by Crippen LogP contribution is 2.19. The zero-order chi connectivity index (χ0) is 17.6. The lowest BCUT2D eigenvalue weighted by Crippen LogP contribution is -2.19. The number of anilines is 4. The van der Waals surface area contributed by atoms with Gasteiger partial charge in [-0.25, -0.2) is 0 Å². The van der Waals surface area contributed by atoms with Gasteiger partial charge in [-0.15, -0.1) is 0 Å². The number of hydrogen-bond donors (Lipinski definition) is 3. The van der Waals surface area contributed by atoms with Gasteiger partial charge in [0.15, 0.2) is 5.11 Å². The average molecular weight is 347 g/mol. The Morgan fingerprint density at radius 1 is 0.640 bits per heavy atom. The number of para-hydroxylation sites is 1. The minimum absolute atomic E-state index is 0.578. The molecule has 0 bridgehead atoms. The number of aryl methyl sites for hydroxylation is 2. The van der Waals surface area contributed by atoms with Crippen LogP contribution in [0.3, 0.4) is 0 Å².